The van der Waals surface area contributed by atoms with Crippen molar-refractivity contribution in [1.82, 2.24) is 0 Å². The van der Waals surface area contributed by atoms with Crippen molar-refractivity contribution in [3.63, 3.8) is 0 Å². The zero-order chi connectivity index (χ0) is 10.1. The van der Waals surface area contributed by atoms with Gasteiger partial charge in [0.1, 0.15) is 0 Å². The molecule has 0 heterocycles. The van der Waals surface area contributed by atoms with E-state index in [2.05, 4.69) is 0 Å². The largest absolute Gasteiger partial charge is 0.229 e. The van der Waals surface area contributed by atoms with E-state index in [1.165, 1.54) is 6.26 Å². The van der Waals surface area contributed by atoms with E-state index < -0.39 is 9.84 Å². The molecule has 0 radical (unpaired) electrons. The van der Waals surface area contributed by atoms with Gasteiger partial charge < -0.3 is 0 Å². The van der Waals surface area contributed by atoms with Crippen molar-refractivity contribution in [1.29, 1.82) is 0 Å². The van der Waals surface area contributed by atoms with Crippen LogP contribution in [0.5, 0.6) is 0 Å². The molecule has 0 spiro atoms. The van der Waals surface area contributed by atoms with Crippen molar-refractivity contribution in [2.24, 2.45) is 0 Å². The standard InChI is InChI=1S/C9H11ClO2S/c1-7-3-4-9(10)8(5-7)6-13(2,11)12/h3-5H,6H2,1-2H3. The van der Waals surface area contributed by atoms with Gasteiger partial charge in [-0.1, -0.05) is 29.3 Å². The van der Waals surface area contributed by atoms with Gasteiger partial charge in [-0.05, 0) is 18.6 Å². The van der Waals surface area contributed by atoms with Crippen LogP contribution in [-0.2, 0) is 15.6 Å². The van der Waals surface area contributed by atoms with E-state index in [1.54, 1.807) is 12.1 Å². The van der Waals surface area contributed by atoms with Gasteiger partial charge in [-0.25, -0.2) is 8.42 Å². The number of hydrogen-bond donors (Lipinski definition) is 0. The highest BCUT2D eigenvalue weighted by molar-refractivity contribution is 7.89. The minimum Gasteiger partial charge on any atom is -0.229 e. The molecule has 1 aromatic carbocycles. The van der Waals surface area contributed by atoms with Gasteiger partial charge >= 0.3 is 0 Å². The topological polar surface area (TPSA) is 34.1 Å². The van der Waals surface area contributed by atoms with Crippen molar-refractivity contribution in [3.8, 4) is 0 Å². The summed E-state index contributed by atoms with van der Waals surface area (Å²) in [6.45, 7) is 1.90. The predicted octanol–water partition coefficient (Wildman–Crippen LogP) is 2.19. The lowest BCUT2D eigenvalue weighted by Gasteiger charge is -2.03. The summed E-state index contributed by atoms with van der Waals surface area (Å²) < 4.78 is 22.0. The number of halogens is 1. The molecule has 0 amide bonds. The van der Waals surface area contributed by atoms with Crippen molar-refractivity contribution >= 4 is 21.4 Å². The van der Waals surface area contributed by atoms with E-state index in [1.807, 2.05) is 13.0 Å². The summed E-state index contributed by atoms with van der Waals surface area (Å²) in [6.07, 6.45) is 1.20. The Balaban J connectivity index is 3.08. The molecule has 0 saturated carbocycles. The van der Waals surface area contributed by atoms with Crippen LogP contribution in [0.2, 0.25) is 5.02 Å². The van der Waals surface area contributed by atoms with Crippen LogP contribution in [-0.4, -0.2) is 14.7 Å². The number of rotatable bonds is 2. The normalized spacial score (nSPS) is 11.6. The molecule has 13 heavy (non-hydrogen) atoms. The van der Waals surface area contributed by atoms with Gasteiger partial charge in [0.05, 0.1) is 5.75 Å². The summed E-state index contributed by atoms with van der Waals surface area (Å²) >= 11 is 5.84. The van der Waals surface area contributed by atoms with Gasteiger partial charge in [0, 0.05) is 11.3 Å². The highest BCUT2D eigenvalue weighted by atomic mass is 35.5. The Kier molecular flexibility index (Phi) is 2.98. The summed E-state index contributed by atoms with van der Waals surface area (Å²) in [4.78, 5) is 0. The maximum atomic E-state index is 11.0. The van der Waals surface area contributed by atoms with Crippen LogP contribution in [0.1, 0.15) is 11.1 Å². The maximum Gasteiger partial charge on any atom is 0.151 e. The van der Waals surface area contributed by atoms with Crippen LogP contribution in [0.25, 0.3) is 0 Å². The van der Waals surface area contributed by atoms with Gasteiger partial charge in [-0.3, -0.25) is 0 Å². The second kappa shape index (κ2) is 3.68. The number of benzene rings is 1. The first kappa shape index (κ1) is 10.5. The molecule has 0 aliphatic heterocycles. The lowest BCUT2D eigenvalue weighted by molar-refractivity contribution is 0.601. The fraction of sp³-hybridized carbons (Fsp3) is 0.333. The van der Waals surface area contributed by atoms with Gasteiger partial charge in [0.25, 0.3) is 0 Å². The van der Waals surface area contributed by atoms with Gasteiger partial charge in [-0.2, -0.15) is 0 Å². The quantitative estimate of drug-likeness (QED) is 0.763. The molecule has 1 aromatic rings. The second-order valence-corrected chi connectivity index (χ2v) is 5.71. The molecule has 72 valence electrons. The van der Waals surface area contributed by atoms with Crippen molar-refractivity contribution < 1.29 is 8.42 Å². The Morgan fingerprint density at radius 2 is 2.00 bits per heavy atom. The number of sulfone groups is 1. The first-order valence-electron chi connectivity index (χ1n) is 3.81. The lowest BCUT2D eigenvalue weighted by atomic mass is 10.2. The van der Waals surface area contributed by atoms with E-state index in [-0.39, 0.29) is 5.75 Å². The van der Waals surface area contributed by atoms with Crippen molar-refractivity contribution in [3.05, 3.63) is 34.3 Å². The van der Waals surface area contributed by atoms with Crippen LogP contribution in [0.3, 0.4) is 0 Å². The van der Waals surface area contributed by atoms with E-state index in [0.29, 0.717) is 10.6 Å². The summed E-state index contributed by atoms with van der Waals surface area (Å²) in [6, 6.07) is 5.37. The highest BCUT2D eigenvalue weighted by Crippen LogP contribution is 2.19. The van der Waals surface area contributed by atoms with E-state index in [9.17, 15) is 8.42 Å². The van der Waals surface area contributed by atoms with Crippen LogP contribution < -0.4 is 0 Å². The SMILES string of the molecule is Cc1ccc(Cl)c(CS(C)(=O)=O)c1. The molecule has 1 rings (SSSR count). The Morgan fingerprint density at radius 1 is 1.38 bits per heavy atom. The minimum atomic E-state index is -3.00. The molecule has 0 N–H and O–H groups in total. The van der Waals surface area contributed by atoms with Gasteiger partial charge in [0.2, 0.25) is 0 Å². The molecule has 4 heteroatoms. The van der Waals surface area contributed by atoms with Crippen LogP contribution in [0.4, 0.5) is 0 Å². The molecule has 0 bridgehead atoms. The molecule has 0 aliphatic carbocycles. The Labute approximate surface area is 83.5 Å². The zero-order valence-corrected chi connectivity index (χ0v) is 9.11. The van der Waals surface area contributed by atoms with Gasteiger partial charge in [0.15, 0.2) is 9.84 Å². The number of hydrogen-bond acceptors (Lipinski definition) is 2. The third kappa shape index (κ3) is 3.36. The molecule has 0 aromatic heterocycles. The first-order chi connectivity index (χ1) is 5.88. The maximum absolute atomic E-state index is 11.0. The average Bonchev–Trinajstić information content (AvgIpc) is 1.94. The summed E-state index contributed by atoms with van der Waals surface area (Å²) in [5.41, 5.74) is 1.69. The van der Waals surface area contributed by atoms with Crippen LogP contribution in [0.15, 0.2) is 18.2 Å². The van der Waals surface area contributed by atoms with Crippen molar-refractivity contribution in [2.75, 3.05) is 6.26 Å². The molecule has 0 fully saturated rings. The molecule has 0 aliphatic rings. The zero-order valence-electron chi connectivity index (χ0n) is 7.54. The summed E-state index contributed by atoms with van der Waals surface area (Å²) in [5, 5.41) is 0.510. The molecular weight excluding hydrogens is 208 g/mol. The average molecular weight is 219 g/mol. The van der Waals surface area contributed by atoms with E-state index >= 15 is 0 Å². The molecule has 0 atom stereocenters. The fourth-order valence-corrected chi connectivity index (χ4v) is 2.16. The van der Waals surface area contributed by atoms with Crippen molar-refractivity contribution in [2.45, 2.75) is 12.7 Å². The Morgan fingerprint density at radius 3 is 2.54 bits per heavy atom. The third-order valence-electron chi connectivity index (χ3n) is 1.62. The van der Waals surface area contributed by atoms with Gasteiger partial charge in [-0.15, -0.1) is 0 Å². The second-order valence-electron chi connectivity index (χ2n) is 3.16. The molecule has 2 nitrogen and oxygen atoms in total. The predicted molar refractivity (Wildman–Crippen MR) is 54.7 cm³/mol. The Hall–Kier alpha value is -0.540. The first-order valence-corrected chi connectivity index (χ1v) is 6.25. The third-order valence-corrected chi connectivity index (χ3v) is 2.82. The summed E-state index contributed by atoms with van der Waals surface area (Å²) in [5.74, 6) is 0.00745. The monoisotopic (exact) mass is 218 g/mol. The Bertz CT molecular complexity index is 410. The van der Waals surface area contributed by atoms with Crippen LogP contribution >= 0.6 is 11.6 Å². The molecular formula is C9H11ClO2S. The smallest absolute Gasteiger partial charge is 0.151 e. The van der Waals surface area contributed by atoms with E-state index in [0.717, 1.165) is 5.56 Å². The fourth-order valence-electron chi connectivity index (χ4n) is 1.10. The minimum absolute atomic E-state index is 0.00745. The number of aryl methyl sites for hydroxylation is 1. The molecule has 0 saturated heterocycles. The molecule has 0 unspecified atom stereocenters. The highest BCUT2D eigenvalue weighted by Gasteiger charge is 2.07. The van der Waals surface area contributed by atoms with Crippen LogP contribution in [0, 0.1) is 6.92 Å². The lowest BCUT2D eigenvalue weighted by Crippen LogP contribution is -2.01. The summed E-state index contributed by atoms with van der Waals surface area (Å²) in [7, 11) is -3.00. The van der Waals surface area contributed by atoms with E-state index in [4.69, 9.17) is 11.6 Å².